The van der Waals surface area contributed by atoms with Crippen LogP contribution in [0.1, 0.15) is 42.7 Å². The molecule has 2 aromatic rings. The van der Waals surface area contributed by atoms with Gasteiger partial charge < -0.3 is 15.1 Å². The van der Waals surface area contributed by atoms with E-state index in [1.54, 1.807) is 0 Å². The highest BCUT2D eigenvalue weighted by Crippen LogP contribution is 2.23. The first kappa shape index (κ1) is 17.7. The number of nitrogens with zero attached hydrogens (tertiary/aromatic N) is 4. The molecule has 0 unspecified atom stereocenters. The number of aryl methyl sites for hydroxylation is 1. The molecule has 2 aromatic heterocycles. The van der Waals surface area contributed by atoms with Gasteiger partial charge in [-0.2, -0.15) is 0 Å². The van der Waals surface area contributed by atoms with Crippen LogP contribution in [-0.4, -0.2) is 60.0 Å². The van der Waals surface area contributed by atoms with Gasteiger partial charge in [0.05, 0.1) is 11.3 Å². The van der Waals surface area contributed by atoms with E-state index in [4.69, 9.17) is 4.98 Å². The van der Waals surface area contributed by atoms with Crippen LogP contribution in [0.2, 0.25) is 0 Å². The Bertz CT molecular complexity index is 746. The van der Waals surface area contributed by atoms with Gasteiger partial charge in [0.15, 0.2) is 0 Å². The van der Waals surface area contributed by atoms with E-state index in [0.717, 1.165) is 56.1 Å². The van der Waals surface area contributed by atoms with Crippen molar-refractivity contribution in [1.29, 1.82) is 0 Å². The molecule has 0 aromatic carbocycles. The van der Waals surface area contributed by atoms with Gasteiger partial charge in [0.1, 0.15) is 11.5 Å². The normalized spacial score (nSPS) is 16.3. The fourth-order valence-corrected chi connectivity index (χ4v) is 3.43. The molecule has 0 saturated carbocycles. The van der Waals surface area contributed by atoms with Gasteiger partial charge in [-0.05, 0) is 58.5 Å². The lowest BCUT2D eigenvalue weighted by molar-refractivity contribution is 0.0916. The number of pyridine rings is 1. The number of carbonyl (C=O) groups is 1. The minimum Gasteiger partial charge on any atom is -0.360 e. The molecule has 0 bridgehead atoms. The smallest absolute Gasteiger partial charge is 0.252 e. The third-order valence-electron chi connectivity index (χ3n) is 5.15. The molecule has 1 amide bonds. The molecule has 6 heteroatoms. The average molecular weight is 343 g/mol. The number of imidazole rings is 1. The van der Waals surface area contributed by atoms with E-state index in [1.165, 1.54) is 0 Å². The van der Waals surface area contributed by atoms with Crippen molar-refractivity contribution in [3.8, 4) is 0 Å². The summed E-state index contributed by atoms with van der Waals surface area (Å²) in [6.45, 7) is 7.21. The quantitative estimate of drug-likeness (QED) is 0.904. The first-order chi connectivity index (χ1) is 12.0. The molecule has 3 heterocycles. The van der Waals surface area contributed by atoms with Crippen LogP contribution in [0.3, 0.4) is 0 Å². The summed E-state index contributed by atoms with van der Waals surface area (Å²) >= 11 is 0. The second-order valence-electron chi connectivity index (χ2n) is 6.95. The van der Waals surface area contributed by atoms with Crippen LogP contribution >= 0.6 is 0 Å². The molecular weight excluding hydrogens is 314 g/mol. The topological polar surface area (TPSA) is 52.9 Å². The Labute approximate surface area is 149 Å². The number of nitrogens with one attached hydrogen (secondary N) is 1. The van der Waals surface area contributed by atoms with Crippen molar-refractivity contribution in [3.05, 3.63) is 29.6 Å². The highest BCUT2D eigenvalue weighted by Gasteiger charge is 2.20. The fraction of sp³-hybridized carbons (Fsp3) is 0.579. The minimum atomic E-state index is 0.00769. The van der Waals surface area contributed by atoms with E-state index >= 15 is 0 Å². The molecule has 136 valence electrons. The zero-order valence-electron chi connectivity index (χ0n) is 15.7. The highest BCUT2D eigenvalue weighted by atomic mass is 16.1. The Kier molecular flexibility index (Phi) is 5.27. The van der Waals surface area contributed by atoms with E-state index in [0.29, 0.717) is 5.56 Å². The summed E-state index contributed by atoms with van der Waals surface area (Å²) in [7, 11) is 4.19. The molecule has 6 nitrogen and oxygen atoms in total. The Morgan fingerprint density at radius 1 is 1.32 bits per heavy atom. The lowest BCUT2D eigenvalue weighted by Gasteiger charge is -2.29. The van der Waals surface area contributed by atoms with E-state index in [9.17, 15) is 4.79 Å². The summed E-state index contributed by atoms with van der Waals surface area (Å²) in [4.78, 5) is 21.9. The molecule has 0 spiro atoms. The van der Waals surface area contributed by atoms with E-state index in [-0.39, 0.29) is 11.9 Å². The number of rotatable bonds is 5. The number of amides is 1. The van der Waals surface area contributed by atoms with Crippen molar-refractivity contribution in [2.75, 3.05) is 38.6 Å². The van der Waals surface area contributed by atoms with E-state index in [1.807, 2.05) is 22.7 Å². The highest BCUT2D eigenvalue weighted by molar-refractivity contribution is 5.94. The molecule has 25 heavy (non-hydrogen) atoms. The van der Waals surface area contributed by atoms with Crippen molar-refractivity contribution < 1.29 is 4.79 Å². The van der Waals surface area contributed by atoms with Crippen LogP contribution in [0.4, 0.5) is 5.82 Å². The van der Waals surface area contributed by atoms with E-state index in [2.05, 4.69) is 43.1 Å². The second kappa shape index (κ2) is 7.44. The molecule has 1 aliphatic heterocycles. The average Bonchev–Trinajstić information content (AvgIpc) is 3.00. The zero-order chi connectivity index (χ0) is 18.0. The zero-order valence-corrected chi connectivity index (χ0v) is 15.7. The number of likely N-dealkylation sites (tertiary alicyclic amines) is 1. The van der Waals surface area contributed by atoms with Gasteiger partial charge in [0.25, 0.3) is 5.91 Å². The fourth-order valence-electron chi connectivity index (χ4n) is 3.43. The summed E-state index contributed by atoms with van der Waals surface area (Å²) in [5.74, 6) is 1.09. The molecule has 0 aliphatic carbocycles. The standard InChI is InChI=1S/C19H29N5O/c1-5-16-19(23(4)6-2)24-13-14(7-8-17(24)21-16)18(25)20-15-9-11-22(3)12-10-15/h7-8,13,15H,5-6,9-12H2,1-4H3,(H,20,25). The van der Waals surface area contributed by atoms with Gasteiger partial charge >= 0.3 is 0 Å². The lowest BCUT2D eigenvalue weighted by Crippen LogP contribution is -2.43. The van der Waals surface area contributed by atoms with E-state index < -0.39 is 0 Å². The van der Waals surface area contributed by atoms with Crippen molar-refractivity contribution in [3.63, 3.8) is 0 Å². The van der Waals surface area contributed by atoms with Crippen LogP contribution in [0.15, 0.2) is 18.3 Å². The summed E-state index contributed by atoms with van der Waals surface area (Å²) in [5, 5.41) is 3.19. The van der Waals surface area contributed by atoms with Crippen molar-refractivity contribution in [2.45, 2.75) is 39.2 Å². The molecule has 0 radical (unpaired) electrons. The molecule has 1 N–H and O–H groups in total. The van der Waals surface area contributed by atoms with Gasteiger partial charge in [-0.1, -0.05) is 6.92 Å². The summed E-state index contributed by atoms with van der Waals surface area (Å²) in [6.07, 6.45) is 4.82. The number of anilines is 1. The monoisotopic (exact) mass is 343 g/mol. The molecule has 1 fully saturated rings. The summed E-state index contributed by atoms with van der Waals surface area (Å²) < 4.78 is 2.05. The Hall–Kier alpha value is -2.08. The predicted octanol–water partition coefficient (Wildman–Crippen LogP) is 2.18. The van der Waals surface area contributed by atoms with Crippen molar-refractivity contribution >= 4 is 17.4 Å². The second-order valence-corrected chi connectivity index (χ2v) is 6.95. The minimum absolute atomic E-state index is 0.00769. The van der Waals surface area contributed by atoms with Gasteiger partial charge in [-0.15, -0.1) is 0 Å². The molecule has 1 saturated heterocycles. The van der Waals surface area contributed by atoms with Gasteiger partial charge in [0, 0.05) is 25.8 Å². The predicted molar refractivity (Wildman–Crippen MR) is 101 cm³/mol. The Morgan fingerprint density at radius 2 is 2.04 bits per heavy atom. The number of piperidine rings is 1. The molecular formula is C19H29N5O. The van der Waals surface area contributed by atoms with Crippen molar-refractivity contribution in [2.24, 2.45) is 0 Å². The first-order valence-corrected chi connectivity index (χ1v) is 9.25. The first-order valence-electron chi connectivity index (χ1n) is 9.25. The maximum atomic E-state index is 12.7. The summed E-state index contributed by atoms with van der Waals surface area (Å²) in [6, 6.07) is 4.09. The van der Waals surface area contributed by atoms with Gasteiger partial charge in [0.2, 0.25) is 0 Å². The Balaban J connectivity index is 1.85. The van der Waals surface area contributed by atoms with Gasteiger partial charge in [-0.25, -0.2) is 4.98 Å². The van der Waals surface area contributed by atoms with Gasteiger partial charge in [-0.3, -0.25) is 9.20 Å². The third-order valence-corrected chi connectivity index (χ3v) is 5.15. The number of hydrogen-bond acceptors (Lipinski definition) is 4. The number of aromatic nitrogens is 2. The molecule has 3 rings (SSSR count). The Morgan fingerprint density at radius 3 is 2.68 bits per heavy atom. The maximum absolute atomic E-state index is 12.7. The number of hydrogen-bond donors (Lipinski definition) is 1. The molecule has 1 aliphatic rings. The van der Waals surface area contributed by atoms with Crippen LogP contribution in [-0.2, 0) is 6.42 Å². The SMILES string of the molecule is CCc1nc2ccc(C(=O)NC3CCN(C)CC3)cn2c1N(C)CC. The number of fused-ring (bicyclic) bond motifs is 1. The maximum Gasteiger partial charge on any atom is 0.252 e. The van der Waals surface area contributed by atoms with Crippen LogP contribution in [0, 0.1) is 0 Å². The van der Waals surface area contributed by atoms with Crippen LogP contribution in [0.25, 0.3) is 5.65 Å². The largest absolute Gasteiger partial charge is 0.360 e. The molecule has 0 atom stereocenters. The lowest BCUT2D eigenvalue weighted by atomic mass is 10.1. The summed E-state index contributed by atoms with van der Waals surface area (Å²) in [5.41, 5.74) is 2.65. The van der Waals surface area contributed by atoms with Crippen molar-refractivity contribution in [1.82, 2.24) is 19.6 Å². The van der Waals surface area contributed by atoms with Crippen LogP contribution < -0.4 is 10.2 Å². The number of carbonyl (C=O) groups excluding carboxylic acids is 1. The third kappa shape index (κ3) is 3.63. The van der Waals surface area contributed by atoms with Crippen LogP contribution in [0.5, 0.6) is 0 Å².